The molecule has 2 N–H and O–H groups in total. The van der Waals surface area contributed by atoms with E-state index in [1.807, 2.05) is 6.92 Å². The fourth-order valence-corrected chi connectivity index (χ4v) is 2.83. The molecule has 0 bridgehead atoms. The second-order valence-corrected chi connectivity index (χ2v) is 6.87. The van der Waals surface area contributed by atoms with E-state index in [0.717, 1.165) is 11.1 Å². The molecule has 7 nitrogen and oxygen atoms in total. The number of aryl methyl sites for hydroxylation is 1. The average molecular weight is 418 g/mol. The first-order valence-electron chi connectivity index (χ1n) is 8.91. The monoisotopic (exact) mass is 417 g/mol. The van der Waals surface area contributed by atoms with Crippen molar-refractivity contribution in [1.82, 2.24) is 5.43 Å². The molecule has 2 aromatic rings. The van der Waals surface area contributed by atoms with E-state index >= 15 is 0 Å². The topological polar surface area (TPSA) is 89.0 Å². The standard InChI is InChI=1S/C21H24ClN3O4/c1-13-9-16(22)6-7-17(13)23-20(26)10-14(2)24-25-21(27)12-15-5-8-18(28-3)19(11-15)29-4/h5-9,11H,10,12H2,1-4H3,(H,23,26)(H,25,27). The molecule has 0 aromatic heterocycles. The van der Waals surface area contributed by atoms with Gasteiger partial charge in [0.25, 0.3) is 0 Å². The van der Waals surface area contributed by atoms with Gasteiger partial charge in [-0.1, -0.05) is 17.7 Å². The molecule has 0 aliphatic carbocycles. The van der Waals surface area contributed by atoms with Gasteiger partial charge in [0.05, 0.1) is 27.1 Å². The molecule has 2 amide bonds. The number of ether oxygens (including phenoxy) is 2. The van der Waals surface area contributed by atoms with Gasteiger partial charge in [-0.2, -0.15) is 5.10 Å². The van der Waals surface area contributed by atoms with Gasteiger partial charge < -0.3 is 14.8 Å². The third kappa shape index (κ3) is 6.80. The lowest BCUT2D eigenvalue weighted by molar-refractivity contribution is -0.120. The van der Waals surface area contributed by atoms with Crippen LogP contribution in [0, 0.1) is 6.92 Å². The number of methoxy groups -OCH3 is 2. The first-order chi connectivity index (χ1) is 13.8. The van der Waals surface area contributed by atoms with E-state index in [4.69, 9.17) is 21.1 Å². The molecule has 0 unspecified atom stereocenters. The van der Waals surface area contributed by atoms with Crippen molar-refractivity contribution in [2.75, 3.05) is 19.5 Å². The number of halogens is 1. The van der Waals surface area contributed by atoms with Crippen LogP contribution in [0.1, 0.15) is 24.5 Å². The number of hydrogen-bond acceptors (Lipinski definition) is 5. The van der Waals surface area contributed by atoms with E-state index in [1.54, 1.807) is 50.4 Å². The Kier molecular flexibility index (Phi) is 8.03. The third-order valence-electron chi connectivity index (χ3n) is 4.06. The molecule has 0 atom stereocenters. The number of carbonyl (C=O) groups excluding carboxylic acids is 2. The number of nitrogens with one attached hydrogen (secondary N) is 2. The largest absolute Gasteiger partial charge is 0.493 e. The molecule has 154 valence electrons. The van der Waals surface area contributed by atoms with Gasteiger partial charge in [-0.25, -0.2) is 5.43 Å². The van der Waals surface area contributed by atoms with E-state index in [-0.39, 0.29) is 24.7 Å². The van der Waals surface area contributed by atoms with E-state index in [2.05, 4.69) is 15.8 Å². The number of anilines is 1. The zero-order chi connectivity index (χ0) is 21.4. The van der Waals surface area contributed by atoms with Crippen LogP contribution in [0.25, 0.3) is 0 Å². The number of nitrogens with zero attached hydrogens (tertiary/aromatic N) is 1. The van der Waals surface area contributed by atoms with E-state index in [0.29, 0.717) is 27.9 Å². The van der Waals surface area contributed by atoms with Gasteiger partial charge in [-0.15, -0.1) is 0 Å². The predicted molar refractivity (Wildman–Crippen MR) is 114 cm³/mol. The molecular formula is C21H24ClN3O4. The smallest absolute Gasteiger partial charge is 0.244 e. The number of rotatable bonds is 8. The summed E-state index contributed by atoms with van der Waals surface area (Å²) in [6.45, 7) is 3.53. The fraction of sp³-hybridized carbons (Fsp3) is 0.286. The zero-order valence-corrected chi connectivity index (χ0v) is 17.6. The molecular weight excluding hydrogens is 394 g/mol. The van der Waals surface area contributed by atoms with Gasteiger partial charge in [-0.3, -0.25) is 9.59 Å². The maximum Gasteiger partial charge on any atom is 0.244 e. The van der Waals surface area contributed by atoms with E-state index < -0.39 is 0 Å². The Morgan fingerprint density at radius 2 is 1.76 bits per heavy atom. The second-order valence-electron chi connectivity index (χ2n) is 6.43. The van der Waals surface area contributed by atoms with Gasteiger partial charge in [0.2, 0.25) is 11.8 Å². The molecule has 0 heterocycles. The van der Waals surface area contributed by atoms with Crippen LogP contribution in [0.15, 0.2) is 41.5 Å². The third-order valence-corrected chi connectivity index (χ3v) is 4.30. The lowest BCUT2D eigenvalue weighted by Gasteiger charge is -2.10. The highest BCUT2D eigenvalue weighted by molar-refractivity contribution is 6.30. The minimum absolute atomic E-state index is 0.0543. The lowest BCUT2D eigenvalue weighted by atomic mass is 10.1. The Morgan fingerprint density at radius 1 is 1.03 bits per heavy atom. The number of hydrogen-bond donors (Lipinski definition) is 2. The summed E-state index contributed by atoms with van der Waals surface area (Å²) >= 11 is 5.91. The van der Waals surface area contributed by atoms with Gasteiger partial charge in [-0.05, 0) is 55.3 Å². The summed E-state index contributed by atoms with van der Waals surface area (Å²) < 4.78 is 10.4. The molecule has 0 spiro atoms. The number of amides is 2. The van der Waals surface area contributed by atoms with Crippen molar-refractivity contribution < 1.29 is 19.1 Å². The molecule has 2 aromatic carbocycles. The minimum atomic E-state index is -0.300. The zero-order valence-electron chi connectivity index (χ0n) is 16.8. The van der Waals surface area contributed by atoms with Crippen LogP contribution in [0.5, 0.6) is 11.5 Å². The van der Waals surface area contributed by atoms with E-state index in [1.165, 1.54) is 7.11 Å². The van der Waals surface area contributed by atoms with Crippen molar-refractivity contribution in [3.05, 3.63) is 52.5 Å². The Bertz CT molecular complexity index is 928. The van der Waals surface area contributed by atoms with Gasteiger partial charge in [0, 0.05) is 16.4 Å². The summed E-state index contributed by atoms with van der Waals surface area (Å²) in [6.07, 6.45) is 0.173. The predicted octanol–water partition coefficient (Wildman–Crippen LogP) is 3.73. The van der Waals surface area contributed by atoms with Crippen LogP contribution >= 0.6 is 11.6 Å². The van der Waals surface area contributed by atoms with Crippen LogP contribution in [-0.2, 0) is 16.0 Å². The normalized spacial score (nSPS) is 11.0. The Morgan fingerprint density at radius 3 is 2.41 bits per heavy atom. The molecule has 0 fully saturated rings. The fourth-order valence-electron chi connectivity index (χ4n) is 2.61. The molecule has 0 saturated carbocycles. The Hall–Kier alpha value is -3.06. The molecule has 29 heavy (non-hydrogen) atoms. The van der Waals surface area contributed by atoms with Gasteiger partial charge in [0.15, 0.2) is 11.5 Å². The van der Waals surface area contributed by atoms with Crippen molar-refractivity contribution in [2.24, 2.45) is 5.10 Å². The molecule has 0 radical (unpaired) electrons. The summed E-state index contributed by atoms with van der Waals surface area (Å²) in [6, 6.07) is 10.5. The average Bonchev–Trinajstić information content (AvgIpc) is 2.68. The second kappa shape index (κ2) is 10.5. The first-order valence-corrected chi connectivity index (χ1v) is 9.29. The summed E-state index contributed by atoms with van der Waals surface area (Å²) in [5.41, 5.74) is 5.25. The Labute approximate surface area is 175 Å². The highest BCUT2D eigenvalue weighted by atomic mass is 35.5. The van der Waals surface area contributed by atoms with Gasteiger partial charge in [0.1, 0.15) is 0 Å². The van der Waals surface area contributed by atoms with Gasteiger partial charge >= 0.3 is 0 Å². The van der Waals surface area contributed by atoms with Crippen molar-refractivity contribution in [2.45, 2.75) is 26.7 Å². The highest BCUT2D eigenvalue weighted by Crippen LogP contribution is 2.27. The number of benzene rings is 2. The maximum atomic E-state index is 12.2. The van der Waals surface area contributed by atoms with Crippen LogP contribution in [0.4, 0.5) is 5.69 Å². The molecule has 8 heteroatoms. The number of carbonyl (C=O) groups is 2. The molecule has 0 saturated heterocycles. The first kappa shape index (κ1) is 22.2. The van der Waals surface area contributed by atoms with Crippen molar-refractivity contribution in [1.29, 1.82) is 0 Å². The molecule has 0 aliphatic rings. The lowest BCUT2D eigenvalue weighted by Crippen LogP contribution is -2.23. The minimum Gasteiger partial charge on any atom is -0.493 e. The quantitative estimate of drug-likeness (QED) is 0.506. The maximum absolute atomic E-state index is 12.2. The van der Waals surface area contributed by atoms with E-state index in [9.17, 15) is 9.59 Å². The molecule has 0 aliphatic heterocycles. The van der Waals surface area contributed by atoms with Crippen molar-refractivity contribution in [3.8, 4) is 11.5 Å². The van der Waals surface area contributed by atoms with Crippen molar-refractivity contribution in [3.63, 3.8) is 0 Å². The SMILES string of the molecule is COc1ccc(CC(=O)NN=C(C)CC(=O)Nc2ccc(Cl)cc2C)cc1OC. The Balaban J connectivity index is 1.88. The summed E-state index contributed by atoms with van der Waals surface area (Å²) in [7, 11) is 3.08. The number of hydrazone groups is 1. The van der Waals surface area contributed by atoms with Crippen LogP contribution in [-0.4, -0.2) is 31.7 Å². The van der Waals surface area contributed by atoms with Crippen LogP contribution < -0.4 is 20.2 Å². The summed E-state index contributed by atoms with van der Waals surface area (Å²) in [5.74, 6) is 0.607. The summed E-state index contributed by atoms with van der Waals surface area (Å²) in [4.78, 5) is 24.3. The van der Waals surface area contributed by atoms with Crippen molar-refractivity contribution >= 4 is 34.8 Å². The van der Waals surface area contributed by atoms with Crippen LogP contribution in [0.2, 0.25) is 5.02 Å². The summed E-state index contributed by atoms with van der Waals surface area (Å²) in [5, 5.41) is 7.40. The molecule has 2 rings (SSSR count). The highest BCUT2D eigenvalue weighted by Gasteiger charge is 2.10. The van der Waals surface area contributed by atoms with Crippen LogP contribution in [0.3, 0.4) is 0 Å².